The second kappa shape index (κ2) is 5.43. The third-order valence-electron chi connectivity index (χ3n) is 3.22. The Morgan fingerprint density at radius 2 is 2.12 bits per heavy atom. The van der Waals surface area contributed by atoms with E-state index < -0.39 is 0 Å². The monoisotopic (exact) mass is 237 g/mol. The van der Waals surface area contributed by atoms with Crippen molar-refractivity contribution in [3.8, 4) is 0 Å². The highest BCUT2D eigenvalue weighted by atomic mass is 32.2. The number of thioether (sulfide) groups is 1. The molecule has 4 heteroatoms. The van der Waals surface area contributed by atoms with Crippen LogP contribution in [-0.2, 0) is 0 Å². The van der Waals surface area contributed by atoms with Crippen LogP contribution in [0.2, 0.25) is 0 Å². The second-order valence-electron chi connectivity index (χ2n) is 4.32. The predicted octanol–water partition coefficient (Wildman–Crippen LogP) is 2.75. The number of nitrogens with zero attached hydrogens (tertiary/aromatic N) is 1. The molecule has 3 N–H and O–H groups in total. The molecule has 1 aliphatic rings. The molecule has 1 saturated carbocycles. The fourth-order valence-electron chi connectivity index (χ4n) is 2.20. The molecule has 1 fully saturated rings. The first-order valence-electron chi connectivity index (χ1n) is 5.78. The Bertz CT molecular complexity index is 335. The van der Waals surface area contributed by atoms with Gasteiger partial charge in [-0.05, 0) is 38.0 Å². The number of nitrogen functional groups attached to an aromatic ring is 1. The highest BCUT2D eigenvalue weighted by molar-refractivity contribution is 7.99. The number of hydrogen-bond acceptors (Lipinski definition) is 4. The van der Waals surface area contributed by atoms with Crippen LogP contribution < -0.4 is 11.1 Å². The largest absolute Gasteiger partial charge is 0.396 e. The van der Waals surface area contributed by atoms with Crippen LogP contribution in [0.5, 0.6) is 0 Å². The van der Waals surface area contributed by atoms with E-state index in [1.807, 2.05) is 17.8 Å². The Hall–Kier alpha value is -0.900. The molecule has 1 aliphatic carbocycles. The zero-order valence-electron chi connectivity index (χ0n) is 9.65. The predicted molar refractivity (Wildman–Crippen MR) is 71.8 cm³/mol. The topological polar surface area (TPSA) is 50.9 Å². The van der Waals surface area contributed by atoms with Crippen molar-refractivity contribution in [1.82, 2.24) is 4.98 Å². The molecule has 0 spiro atoms. The Balaban J connectivity index is 1.89. The average Bonchev–Trinajstić information content (AvgIpc) is 2.33. The molecule has 0 aliphatic heterocycles. The summed E-state index contributed by atoms with van der Waals surface area (Å²) >= 11 is 1.99. The maximum Gasteiger partial charge on any atom is 0.0736 e. The summed E-state index contributed by atoms with van der Waals surface area (Å²) in [6, 6.07) is 2.53. The van der Waals surface area contributed by atoms with Gasteiger partial charge in [0.2, 0.25) is 0 Å². The van der Waals surface area contributed by atoms with E-state index in [2.05, 4.69) is 16.6 Å². The van der Waals surface area contributed by atoms with Crippen LogP contribution in [0, 0.1) is 0 Å². The van der Waals surface area contributed by atoms with Gasteiger partial charge in [-0.25, -0.2) is 0 Å². The van der Waals surface area contributed by atoms with Crippen molar-refractivity contribution in [2.45, 2.75) is 37.0 Å². The first kappa shape index (κ1) is 11.6. The van der Waals surface area contributed by atoms with Crippen LogP contribution in [0.15, 0.2) is 18.5 Å². The quantitative estimate of drug-likeness (QED) is 0.848. The first-order valence-corrected chi connectivity index (χ1v) is 7.07. The van der Waals surface area contributed by atoms with E-state index >= 15 is 0 Å². The smallest absolute Gasteiger partial charge is 0.0736 e. The number of hydrogen-bond donors (Lipinski definition) is 2. The Morgan fingerprint density at radius 3 is 2.75 bits per heavy atom. The van der Waals surface area contributed by atoms with Gasteiger partial charge >= 0.3 is 0 Å². The van der Waals surface area contributed by atoms with Crippen molar-refractivity contribution in [3.05, 3.63) is 18.5 Å². The van der Waals surface area contributed by atoms with E-state index in [4.69, 9.17) is 5.73 Å². The van der Waals surface area contributed by atoms with Crippen LogP contribution >= 0.6 is 11.8 Å². The standard InChI is InChI=1S/C12H19N3S/c1-16-10-4-2-9(3-5-10)15-12-6-7-14-8-11(12)13/h6-10H,2-5,13H2,1H3,(H,14,15). The van der Waals surface area contributed by atoms with Gasteiger partial charge in [-0.3, -0.25) is 4.98 Å². The van der Waals surface area contributed by atoms with Gasteiger partial charge in [0, 0.05) is 17.5 Å². The molecule has 0 saturated heterocycles. The lowest BCUT2D eigenvalue weighted by atomic mass is 9.95. The van der Waals surface area contributed by atoms with E-state index in [-0.39, 0.29) is 0 Å². The Morgan fingerprint density at radius 1 is 1.38 bits per heavy atom. The molecule has 0 amide bonds. The normalized spacial score (nSPS) is 25.3. The van der Waals surface area contributed by atoms with Gasteiger partial charge in [0.05, 0.1) is 17.6 Å². The zero-order valence-corrected chi connectivity index (χ0v) is 10.5. The average molecular weight is 237 g/mol. The number of nitrogens with one attached hydrogen (secondary N) is 1. The lowest BCUT2D eigenvalue weighted by Crippen LogP contribution is -2.27. The fraction of sp³-hybridized carbons (Fsp3) is 0.583. The summed E-state index contributed by atoms with van der Waals surface area (Å²) in [4.78, 5) is 3.99. The van der Waals surface area contributed by atoms with E-state index in [0.29, 0.717) is 6.04 Å². The van der Waals surface area contributed by atoms with Gasteiger partial charge in [-0.1, -0.05) is 0 Å². The second-order valence-corrected chi connectivity index (χ2v) is 5.45. The third kappa shape index (κ3) is 2.82. The first-order chi connectivity index (χ1) is 7.79. The minimum atomic E-state index is 0.577. The lowest BCUT2D eigenvalue weighted by molar-refractivity contribution is 0.473. The summed E-state index contributed by atoms with van der Waals surface area (Å²) in [5.41, 5.74) is 7.64. The molecule has 0 atom stereocenters. The maximum atomic E-state index is 5.86. The minimum absolute atomic E-state index is 0.577. The molecule has 1 aromatic rings. The van der Waals surface area contributed by atoms with Crippen LogP contribution in [-0.4, -0.2) is 22.5 Å². The van der Waals surface area contributed by atoms with Crippen LogP contribution in [0.3, 0.4) is 0 Å². The van der Waals surface area contributed by atoms with Crippen molar-refractivity contribution in [3.63, 3.8) is 0 Å². The van der Waals surface area contributed by atoms with Crippen LogP contribution in [0.1, 0.15) is 25.7 Å². The van der Waals surface area contributed by atoms with Gasteiger partial charge < -0.3 is 11.1 Å². The molecule has 0 unspecified atom stereocenters. The molecule has 88 valence electrons. The molecular weight excluding hydrogens is 218 g/mol. The molecule has 0 aromatic carbocycles. The molecule has 2 rings (SSSR count). The van der Waals surface area contributed by atoms with Crippen LogP contribution in [0.25, 0.3) is 0 Å². The number of anilines is 2. The van der Waals surface area contributed by atoms with Crippen LogP contribution in [0.4, 0.5) is 11.4 Å². The zero-order chi connectivity index (χ0) is 11.4. The van der Waals surface area contributed by atoms with Crippen molar-refractivity contribution in [1.29, 1.82) is 0 Å². The van der Waals surface area contributed by atoms with Crippen molar-refractivity contribution >= 4 is 23.1 Å². The van der Waals surface area contributed by atoms with Gasteiger partial charge in [-0.2, -0.15) is 11.8 Å². The fourth-order valence-corrected chi connectivity index (χ4v) is 2.94. The Kier molecular flexibility index (Phi) is 3.93. The summed E-state index contributed by atoms with van der Waals surface area (Å²) < 4.78 is 0. The van der Waals surface area contributed by atoms with Crippen molar-refractivity contribution in [2.75, 3.05) is 17.3 Å². The van der Waals surface area contributed by atoms with Crippen molar-refractivity contribution in [2.24, 2.45) is 0 Å². The molecule has 1 aromatic heterocycles. The third-order valence-corrected chi connectivity index (χ3v) is 4.36. The molecule has 3 nitrogen and oxygen atoms in total. The summed E-state index contributed by atoms with van der Waals surface area (Å²) in [5.74, 6) is 0. The molecule has 16 heavy (non-hydrogen) atoms. The van der Waals surface area contributed by atoms with E-state index in [9.17, 15) is 0 Å². The SMILES string of the molecule is CSC1CCC(Nc2ccncc2N)CC1. The molecule has 0 bridgehead atoms. The number of aromatic nitrogens is 1. The van der Waals surface area contributed by atoms with Gasteiger partial charge in [0.15, 0.2) is 0 Å². The lowest BCUT2D eigenvalue weighted by Gasteiger charge is -2.29. The summed E-state index contributed by atoms with van der Waals surface area (Å²) in [5, 5.41) is 4.37. The summed E-state index contributed by atoms with van der Waals surface area (Å²) in [6.07, 6.45) is 10.8. The van der Waals surface area contributed by atoms with Crippen molar-refractivity contribution < 1.29 is 0 Å². The van der Waals surface area contributed by atoms with E-state index in [1.165, 1.54) is 25.7 Å². The summed E-state index contributed by atoms with van der Waals surface area (Å²) in [6.45, 7) is 0. The number of rotatable bonds is 3. The maximum absolute atomic E-state index is 5.86. The van der Waals surface area contributed by atoms with E-state index in [1.54, 1.807) is 12.4 Å². The number of nitrogens with two attached hydrogens (primary N) is 1. The molecular formula is C12H19N3S. The molecule has 1 heterocycles. The van der Waals surface area contributed by atoms with Gasteiger partial charge in [-0.15, -0.1) is 0 Å². The van der Waals surface area contributed by atoms with E-state index in [0.717, 1.165) is 16.6 Å². The minimum Gasteiger partial charge on any atom is -0.396 e. The highest BCUT2D eigenvalue weighted by Crippen LogP contribution is 2.29. The highest BCUT2D eigenvalue weighted by Gasteiger charge is 2.20. The molecule has 0 radical (unpaired) electrons. The Labute approximate surface area is 101 Å². The number of pyridine rings is 1. The van der Waals surface area contributed by atoms with Gasteiger partial charge in [0.25, 0.3) is 0 Å². The van der Waals surface area contributed by atoms with Gasteiger partial charge in [0.1, 0.15) is 0 Å². The summed E-state index contributed by atoms with van der Waals surface area (Å²) in [7, 11) is 0.